The Morgan fingerprint density at radius 1 is 1.32 bits per heavy atom. The van der Waals surface area contributed by atoms with Gasteiger partial charge in [-0.15, -0.1) is 0 Å². The number of aryl methyl sites for hydroxylation is 2. The Bertz CT molecular complexity index is 466. The monoisotopic (exact) mass is 309 g/mol. The van der Waals surface area contributed by atoms with Crippen molar-refractivity contribution in [2.75, 3.05) is 20.2 Å². The van der Waals surface area contributed by atoms with E-state index in [-0.39, 0.29) is 6.10 Å². The van der Waals surface area contributed by atoms with Crippen LogP contribution in [0.25, 0.3) is 0 Å². The second-order valence-electron chi connectivity index (χ2n) is 5.82. The molecule has 0 spiro atoms. The lowest BCUT2D eigenvalue weighted by molar-refractivity contribution is 0.0258. The lowest BCUT2D eigenvalue weighted by Crippen LogP contribution is -2.39. The predicted octanol–water partition coefficient (Wildman–Crippen LogP) is 3.01. The second-order valence-corrected chi connectivity index (χ2v) is 5.82. The van der Waals surface area contributed by atoms with Gasteiger partial charge in [0.15, 0.2) is 5.96 Å². The van der Waals surface area contributed by atoms with Gasteiger partial charge in [0, 0.05) is 32.3 Å². The maximum Gasteiger partial charge on any atom is 0.191 e. The third-order valence-corrected chi connectivity index (χ3v) is 3.66. The van der Waals surface area contributed by atoms with Gasteiger partial charge in [0.05, 0.1) is 6.10 Å². The third kappa shape index (κ3) is 6.10. The van der Waals surface area contributed by atoms with Crippen LogP contribution in [0.15, 0.2) is 15.5 Å². The van der Waals surface area contributed by atoms with Crippen LogP contribution in [0.1, 0.15) is 44.3 Å². The lowest BCUT2D eigenvalue weighted by Gasteiger charge is -2.21. The quantitative estimate of drug-likeness (QED) is 0.572. The van der Waals surface area contributed by atoms with Gasteiger partial charge in [0.1, 0.15) is 11.5 Å². The van der Waals surface area contributed by atoms with Gasteiger partial charge in [-0.1, -0.05) is 13.8 Å². The van der Waals surface area contributed by atoms with E-state index in [0.717, 1.165) is 42.6 Å². The molecular weight excluding hydrogens is 278 g/mol. The molecule has 0 radical (unpaired) electrons. The average molecular weight is 309 g/mol. The van der Waals surface area contributed by atoms with Crippen LogP contribution in [-0.4, -0.2) is 32.3 Å². The van der Waals surface area contributed by atoms with E-state index in [0.29, 0.717) is 12.5 Å². The Morgan fingerprint density at radius 2 is 2.05 bits per heavy atom. The molecule has 1 heterocycles. The Balaban J connectivity index is 2.38. The predicted molar refractivity (Wildman–Crippen MR) is 91.3 cm³/mol. The summed E-state index contributed by atoms with van der Waals surface area (Å²) >= 11 is 0. The molecule has 0 amide bonds. The summed E-state index contributed by atoms with van der Waals surface area (Å²) in [4.78, 5) is 4.25. The molecule has 1 rings (SSSR count). The van der Waals surface area contributed by atoms with Crippen LogP contribution in [0, 0.1) is 19.8 Å². The fourth-order valence-electron chi connectivity index (χ4n) is 2.41. The molecule has 0 saturated carbocycles. The van der Waals surface area contributed by atoms with Gasteiger partial charge < -0.3 is 19.8 Å². The fourth-order valence-corrected chi connectivity index (χ4v) is 2.41. The van der Waals surface area contributed by atoms with Gasteiger partial charge >= 0.3 is 0 Å². The van der Waals surface area contributed by atoms with Crippen LogP contribution in [0.3, 0.4) is 0 Å². The van der Waals surface area contributed by atoms with Crippen LogP contribution in [0.5, 0.6) is 0 Å². The van der Waals surface area contributed by atoms with Crippen molar-refractivity contribution in [3.63, 3.8) is 0 Å². The van der Waals surface area contributed by atoms with E-state index in [4.69, 9.17) is 9.15 Å². The van der Waals surface area contributed by atoms with Crippen LogP contribution >= 0.6 is 0 Å². The van der Waals surface area contributed by atoms with Crippen molar-refractivity contribution >= 4 is 5.96 Å². The topological polar surface area (TPSA) is 58.8 Å². The van der Waals surface area contributed by atoms with E-state index in [1.807, 2.05) is 20.8 Å². The third-order valence-electron chi connectivity index (χ3n) is 3.66. The molecule has 0 aromatic carbocycles. The SMILES string of the molecule is CCOC(CCNC(=NC)NCc1cc(C)oc1C)C(C)C. The van der Waals surface area contributed by atoms with E-state index in [9.17, 15) is 0 Å². The summed E-state index contributed by atoms with van der Waals surface area (Å²) in [6.45, 7) is 12.7. The van der Waals surface area contributed by atoms with Crippen molar-refractivity contribution in [1.29, 1.82) is 0 Å². The highest BCUT2D eigenvalue weighted by atomic mass is 16.5. The number of nitrogens with zero attached hydrogens (tertiary/aromatic N) is 1. The van der Waals surface area contributed by atoms with Gasteiger partial charge in [-0.25, -0.2) is 0 Å². The summed E-state index contributed by atoms with van der Waals surface area (Å²) in [7, 11) is 1.78. The molecular formula is C17H31N3O2. The van der Waals surface area contributed by atoms with Gasteiger partial charge in [-0.05, 0) is 39.2 Å². The highest BCUT2D eigenvalue weighted by Gasteiger charge is 2.13. The molecule has 0 fully saturated rings. The minimum atomic E-state index is 0.286. The van der Waals surface area contributed by atoms with Crippen molar-refractivity contribution in [1.82, 2.24) is 10.6 Å². The number of nitrogens with one attached hydrogen (secondary N) is 2. The highest BCUT2D eigenvalue weighted by Crippen LogP contribution is 2.13. The van der Waals surface area contributed by atoms with Crippen molar-refractivity contribution in [3.05, 3.63) is 23.2 Å². The molecule has 1 aromatic rings. The molecule has 5 heteroatoms. The molecule has 0 aliphatic rings. The van der Waals surface area contributed by atoms with Gasteiger partial charge in [0.25, 0.3) is 0 Å². The summed E-state index contributed by atoms with van der Waals surface area (Å²) < 4.78 is 11.3. The van der Waals surface area contributed by atoms with Crippen molar-refractivity contribution < 1.29 is 9.15 Å². The smallest absolute Gasteiger partial charge is 0.191 e. The first-order chi connectivity index (χ1) is 10.5. The van der Waals surface area contributed by atoms with Gasteiger partial charge in [-0.3, -0.25) is 4.99 Å². The van der Waals surface area contributed by atoms with E-state index in [2.05, 4.69) is 35.5 Å². The van der Waals surface area contributed by atoms with E-state index in [1.165, 1.54) is 0 Å². The number of aliphatic imine (C=N–C) groups is 1. The van der Waals surface area contributed by atoms with E-state index in [1.54, 1.807) is 7.05 Å². The summed E-state index contributed by atoms with van der Waals surface area (Å²) in [5.41, 5.74) is 1.16. The molecule has 126 valence electrons. The van der Waals surface area contributed by atoms with Gasteiger partial charge in [-0.2, -0.15) is 0 Å². The summed E-state index contributed by atoms with van der Waals surface area (Å²) in [6, 6.07) is 2.06. The first-order valence-electron chi connectivity index (χ1n) is 8.09. The van der Waals surface area contributed by atoms with Crippen molar-refractivity contribution in [2.24, 2.45) is 10.9 Å². The number of hydrogen-bond donors (Lipinski definition) is 2. The van der Waals surface area contributed by atoms with E-state index >= 15 is 0 Å². The Hall–Kier alpha value is -1.49. The Labute approximate surface area is 134 Å². The standard InChI is InChI=1S/C17H31N3O2/c1-7-21-16(12(2)3)8-9-19-17(18-6)20-11-15-10-13(4)22-14(15)5/h10,12,16H,7-9,11H2,1-6H3,(H2,18,19,20). The zero-order valence-corrected chi connectivity index (χ0v) is 14.8. The minimum absolute atomic E-state index is 0.286. The van der Waals surface area contributed by atoms with Gasteiger partial charge in [0.2, 0.25) is 0 Å². The Morgan fingerprint density at radius 3 is 2.55 bits per heavy atom. The summed E-state index contributed by atoms with van der Waals surface area (Å²) in [5, 5.41) is 6.65. The molecule has 1 unspecified atom stereocenters. The van der Waals surface area contributed by atoms with Crippen LogP contribution in [-0.2, 0) is 11.3 Å². The number of furan rings is 1. The average Bonchev–Trinajstić information content (AvgIpc) is 2.79. The van der Waals surface area contributed by atoms with Crippen molar-refractivity contribution in [2.45, 2.75) is 53.7 Å². The molecule has 2 N–H and O–H groups in total. The molecule has 1 aromatic heterocycles. The normalized spacial score (nSPS) is 13.5. The zero-order valence-electron chi connectivity index (χ0n) is 14.8. The van der Waals surface area contributed by atoms with Crippen molar-refractivity contribution in [3.8, 4) is 0 Å². The maximum absolute atomic E-state index is 5.75. The molecule has 0 aliphatic heterocycles. The number of ether oxygens (including phenoxy) is 1. The first-order valence-corrected chi connectivity index (χ1v) is 8.09. The molecule has 22 heavy (non-hydrogen) atoms. The molecule has 0 aliphatic carbocycles. The molecule has 5 nitrogen and oxygen atoms in total. The second kappa shape index (κ2) is 9.51. The summed E-state index contributed by atoms with van der Waals surface area (Å²) in [6.07, 6.45) is 1.25. The number of rotatable bonds is 8. The molecule has 1 atom stereocenters. The summed E-state index contributed by atoms with van der Waals surface area (Å²) in [5.74, 6) is 3.22. The Kier molecular flexibility index (Phi) is 8.02. The number of hydrogen-bond acceptors (Lipinski definition) is 3. The van der Waals surface area contributed by atoms with Crippen LogP contribution in [0.2, 0.25) is 0 Å². The fraction of sp³-hybridized carbons (Fsp3) is 0.706. The van der Waals surface area contributed by atoms with E-state index < -0.39 is 0 Å². The number of guanidine groups is 1. The molecule has 0 saturated heterocycles. The highest BCUT2D eigenvalue weighted by molar-refractivity contribution is 5.79. The maximum atomic E-state index is 5.75. The zero-order chi connectivity index (χ0) is 16.5. The minimum Gasteiger partial charge on any atom is -0.466 e. The van der Waals surface area contributed by atoms with Crippen LogP contribution in [0.4, 0.5) is 0 Å². The van der Waals surface area contributed by atoms with Crippen LogP contribution < -0.4 is 10.6 Å². The largest absolute Gasteiger partial charge is 0.466 e. The lowest BCUT2D eigenvalue weighted by atomic mass is 10.0. The molecule has 0 bridgehead atoms. The first kappa shape index (κ1) is 18.6.